The molecule has 1 aromatic carbocycles. The van der Waals surface area contributed by atoms with Crippen LogP contribution in [-0.2, 0) is 6.54 Å². The van der Waals surface area contributed by atoms with Crippen molar-refractivity contribution in [3.05, 3.63) is 46.8 Å². The third-order valence-corrected chi connectivity index (χ3v) is 3.32. The molecule has 0 radical (unpaired) electrons. The molecule has 1 aliphatic heterocycles. The molecular weight excluding hydrogens is 262 g/mol. The lowest BCUT2D eigenvalue weighted by atomic mass is 10.2. The largest absolute Gasteiger partial charge is 0.292 e. The molecular formula is C13H14ClN5. The lowest BCUT2D eigenvalue weighted by Crippen LogP contribution is -2.35. The lowest BCUT2D eigenvalue weighted by Gasteiger charge is -2.26. The zero-order valence-electron chi connectivity index (χ0n) is 10.8. The minimum Gasteiger partial charge on any atom is -0.292 e. The standard InChI is InChI=1S/C13H14ClN5/c1-9-3-5-11-12(7-9)19(17-15-11)8-10-4-6-13(14)16-18(10)2/h3-7,16H,8H2,1-2H3. The molecule has 6 heteroatoms. The molecule has 2 heterocycles. The highest BCUT2D eigenvalue weighted by Crippen LogP contribution is 2.17. The SMILES string of the molecule is Cc1ccc2nnn(CC3=CC=C(Cl)NN3C)c2c1. The molecule has 0 fully saturated rings. The van der Waals surface area contributed by atoms with E-state index in [1.54, 1.807) is 0 Å². The first-order chi connectivity index (χ1) is 9.13. The van der Waals surface area contributed by atoms with Gasteiger partial charge < -0.3 is 0 Å². The second-order valence-electron chi connectivity index (χ2n) is 4.58. The van der Waals surface area contributed by atoms with Crippen LogP contribution in [0, 0.1) is 6.92 Å². The van der Waals surface area contributed by atoms with Crippen LogP contribution < -0.4 is 5.43 Å². The Balaban J connectivity index is 1.96. The second kappa shape index (κ2) is 4.59. The number of halogens is 1. The summed E-state index contributed by atoms with van der Waals surface area (Å²) in [4.78, 5) is 0. The van der Waals surface area contributed by atoms with Crippen LogP contribution in [0.25, 0.3) is 11.0 Å². The monoisotopic (exact) mass is 275 g/mol. The normalized spacial score (nSPS) is 15.2. The molecule has 0 bridgehead atoms. The van der Waals surface area contributed by atoms with Gasteiger partial charge in [-0.15, -0.1) is 5.10 Å². The minimum atomic E-state index is 0.602. The first kappa shape index (κ1) is 12.0. The zero-order valence-corrected chi connectivity index (χ0v) is 11.5. The van der Waals surface area contributed by atoms with Crippen molar-refractivity contribution in [1.82, 2.24) is 25.4 Å². The van der Waals surface area contributed by atoms with E-state index in [9.17, 15) is 0 Å². The van der Waals surface area contributed by atoms with Crippen molar-refractivity contribution < 1.29 is 0 Å². The molecule has 98 valence electrons. The summed E-state index contributed by atoms with van der Waals surface area (Å²) in [6.07, 6.45) is 3.81. The van der Waals surface area contributed by atoms with Gasteiger partial charge in [0.05, 0.1) is 17.8 Å². The zero-order chi connectivity index (χ0) is 13.4. The van der Waals surface area contributed by atoms with E-state index >= 15 is 0 Å². The van der Waals surface area contributed by atoms with Gasteiger partial charge in [-0.25, -0.2) is 4.68 Å². The second-order valence-corrected chi connectivity index (χ2v) is 4.99. The molecule has 1 aliphatic rings. The van der Waals surface area contributed by atoms with Crippen molar-refractivity contribution in [3.63, 3.8) is 0 Å². The summed E-state index contributed by atoms with van der Waals surface area (Å²) in [5.41, 5.74) is 7.24. The van der Waals surface area contributed by atoms with Crippen molar-refractivity contribution in [2.24, 2.45) is 0 Å². The third kappa shape index (κ3) is 2.29. The van der Waals surface area contributed by atoms with Gasteiger partial charge in [-0.2, -0.15) is 0 Å². The molecule has 0 amide bonds. The van der Waals surface area contributed by atoms with Gasteiger partial charge in [0.25, 0.3) is 0 Å². The van der Waals surface area contributed by atoms with Gasteiger partial charge in [-0.3, -0.25) is 10.4 Å². The van der Waals surface area contributed by atoms with E-state index in [0.29, 0.717) is 11.7 Å². The van der Waals surface area contributed by atoms with Crippen LogP contribution in [0.15, 0.2) is 41.2 Å². The molecule has 0 saturated heterocycles. The Morgan fingerprint density at radius 3 is 2.95 bits per heavy atom. The first-order valence-electron chi connectivity index (χ1n) is 6.00. The number of hydrogen-bond donors (Lipinski definition) is 1. The molecule has 19 heavy (non-hydrogen) atoms. The molecule has 2 aromatic rings. The number of rotatable bonds is 2. The quantitative estimate of drug-likeness (QED) is 0.853. The number of fused-ring (bicyclic) bond motifs is 1. The number of nitrogens with one attached hydrogen (secondary N) is 1. The predicted octanol–water partition coefficient (Wildman–Crippen LogP) is 2.15. The van der Waals surface area contributed by atoms with Crippen LogP contribution in [0.3, 0.4) is 0 Å². The van der Waals surface area contributed by atoms with E-state index in [2.05, 4.69) is 28.7 Å². The Bertz CT molecular complexity index is 685. The molecule has 1 N–H and O–H groups in total. The highest BCUT2D eigenvalue weighted by Gasteiger charge is 2.12. The fourth-order valence-corrected chi connectivity index (χ4v) is 2.24. The maximum absolute atomic E-state index is 5.90. The first-order valence-corrected chi connectivity index (χ1v) is 6.38. The average molecular weight is 276 g/mol. The summed E-state index contributed by atoms with van der Waals surface area (Å²) in [6, 6.07) is 6.12. The molecule has 0 spiro atoms. The molecule has 0 aliphatic carbocycles. The molecule has 0 saturated carbocycles. The number of aromatic nitrogens is 3. The predicted molar refractivity (Wildman–Crippen MR) is 75.2 cm³/mol. The van der Waals surface area contributed by atoms with E-state index in [-0.39, 0.29) is 0 Å². The highest BCUT2D eigenvalue weighted by molar-refractivity contribution is 6.29. The minimum absolute atomic E-state index is 0.602. The number of likely N-dealkylation sites (N-methyl/N-ethyl adjacent to an activating group) is 1. The summed E-state index contributed by atoms with van der Waals surface area (Å²) in [5, 5.41) is 10.9. The number of hydrazine groups is 1. The Hall–Kier alpha value is -2.01. The lowest BCUT2D eigenvalue weighted by molar-refractivity contribution is 0.318. The summed E-state index contributed by atoms with van der Waals surface area (Å²) in [6.45, 7) is 2.71. The number of allylic oxidation sites excluding steroid dienone is 3. The van der Waals surface area contributed by atoms with E-state index in [1.165, 1.54) is 5.56 Å². The van der Waals surface area contributed by atoms with Crippen LogP contribution >= 0.6 is 11.6 Å². The van der Waals surface area contributed by atoms with E-state index in [4.69, 9.17) is 11.6 Å². The van der Waals surface area contributed by atoms with Crippen LogP contribution in [0.4, 0.5) is 0 Å². The van der Waals surface area contributed by atoms with Crippen molar-refractivity contribution >= 4 is 22.6 Å². The van der Waals surface area contributed by atoms with Crippen LogP contribution in [0.1, 0.15) is 5.56 Å². The van der Waals surface area contributed by atoms with Gasteiger partial charge in [0.2, 0.25) is 0 Å². The summed E-state index contributed by atoms with van der Waals surface area (Å²) in [5.74, 6) is 0. The van der Waals surface area contributed by atoms with Crippen molar-refractivity contribution in [3.8, 4) is 0 Å². The van der Waals surface area contributed by atoms with E-state index < -0.39 is 0 Å². The molecule has 0 unspecified atom stereocenters. The highest BCUT2D eigenvalue weighted by atomic mass is 35.5. The molecule has 1 aromatic heterocycles. The fourth-order valence-electron chi connectivity index (χ4n) is 2.05. The Labute approximate surface area is 116 Å². The third-order valence-electron chi connectivity index (χ3n) is 3.11. The van der Waals surface area contributed by atoms with Crippen molar-refractivity contribution in [2.75, 3.05) is 7.05 Å². The Kier molecular flexibility index (Phi) is 2.91. The molecule has 5 nitrogen and oxygen atoms in total. The average Bonchev–Trinajstić information content (AvgIpc) is 2.75. The molecule has 3 rings (SSSR count). The number of benzene rings is 1. The summed E-state index contributed by atoms with van der Waals surface area (Å²) in [7, 11) is 1.92. The van der Waals surface area contributed by atoms with Crippen LogP contribution in [0.5, 0.6) is 0 Å². The number of nitrogens with zero attached hydrogens (tertiary/aromatic N) is 4. The summed E-state index contributed by atoms with van der Waals surface area (Å²) >= 11 is 5.90. The van der Waals surface area contributed by atoms with Gasteiger partial charge in [0.1, 0.15) is 10.7 Å². The Morgan fingerprint density at radius 1 is 1.32 bits per heavy atom. The van der Waals surface area contributed by atoms with Crippen molar-refractivity contribution in [1.29, 1.82) is 0 Å². The topological polar surface area (TPSA) is 46.0 Å². The van der Waals surface area contributed by atoms with Gasteiger partial charge >= 0.3 is 0 Å². The van der Waals surface area contributed by atoms with Crippen molar-refractivity contribution in [2.45, 2.75) is 13.5 Å². The van der Waals surface area contributed by atoms with Crippen LogP contribution in [0.2, 0.25) is 0 Å². The maximum atomic E-state index is 5.90. The van der Waals surface area contributed by atoms with Crippen LogP contribution in [-0.4, -0.2) is 27.1 Å². The number of aryl methyl sites for hydroxylation is 1. The van der Waals surface area contributed by atoms with Gasteiger partial charge in [-0.1, -0.05) is 22.9 Å². The van der Waals surface area contributed by atoms with Gasteiger partial charge in [0, 0.05) is 7.05 Å². The molecule has 0 atom stereocenters. The Morgan fingerprint density at radius 2 is 2.16 bits per heavy atom. The van der Waals surface area contributed by atoms with E-state index in [1.807, 2.05) is 41.0 Å². The van der Waals surface area contributed by atoms with Gasteiger partial charge in [-0.05, 0) is 36.8 Å². The van der Waals surface area contributed by atoms with Gasteiger partial charge in [0.15, 0.2) is 0 Å². The fraction of sp³-hybridized carbons (Fsp3) is 0.231. The maximum Gasteiger partial charge on any atom is 0.120 e. The van der Waals surface area contributed by atoms with E-state index in [0.717, 1.165) is 16.7 Å². The number of hydrogen-bond acceptors (Lipinski definition) is 4. The summed E-state index contributed by atoms with van der Waals surface area (Å²) < 4.78 is 1.89. The smallest absolute Gasteiger partial charge is 0.120 e.